The number of rotatable bonds is 4. The molecule has 3 heterocycles. The summed E-state index contributed by atoms with van der Waals surface area (Å²) >= 11 is 0. The summed E-state index contributed by atoms with van der Waals surface area (Å²) in [6.45, 7) is 5.04. The van der Waals surface area contributed by atoms with Gasteiger partial charge >= 0.3 is 0 Å². The molecule has 1 saturated heterocycles. The minimum Gasteiger partial charge on any atom is -0.494 e. The van der Waals surface area contributed by atoms with E-state index in [1.807, 2.05) is 4.90 Å². The maximum absolute atomic E-state index is 14.1. The van der Waals surface area contributed by atoms with Gasteiger partial charge in [0.05, 0.1) is 13.2 Å². The van der Waals surface area contributed by atoms with E-state index < -0.39 is 5.82 Å². The summed E-state index contributed by atoms with van der Waals surface area (Å²) in [5.41, 5.74) is 0.366. The van der Waals surface area contributed by atoms with Crippen molar-refractivity contribution in [2.24, 2.45) is 5.92 Å². The van der Waals surface area contributed by atoms with Crippen LogP contribution in [0.3, 0.4) is 0 Å². The fraction of sp³-hybridized carbons (Fsp3) is 0.550. The SMILES string of the molecule is COc1ccc(C(=O)N2C3CCC2Cn2c(CC(C)C)nnc2C3)cc1F. The molecule has 2 aromatic rings. The Balaban J connectivity index is 1.61. The first-order valence-electron chi connectivity index (χ1n) is 9.55. The van der Waals surface area contributed by atoms with Crippen molar-refractivity contribution < 1.29 is 13.9 Å². The van der Waals surface area contributed by atoms with Crippen molar-refractivity contribution in [1.29, 1.82) is 0 Å². The first-order valence-corrected chi connectivity index (χ1v) is 9.55. The van der Waals surface area contributed by atoms with Gasteiger partial charge in [-0.15, -0.1) is 10.2 Å². The van der Waals surface area contributed by atoms with Gasteiger partial charge in [0.2, 0.25) is 0 Å². The molecule has 0 saturated carbocycles. The maximum Gasteiger partial charge on any atom is 0.254 e. The van der Waals surface area contributed by atoms with Gasteiger partial charge in [0, 0.05) is 31.0 Å². The molecule has 27 heavy (non-hydrogen) atoms. The Morgan fingerprint density at radius 3 is 2.78 bits per heavy atom. The molecule has 2 atom stereocenters. The molecule has 0 spiro atoms. The molecule has 2 unspecified atom stereocenters. The summed E-state index contributed by atoms with van der Waals surface area (Å²) in [5.74, 6) is 1.97. The number of methoxy groups -OCH3 is 1. The third-order valence-corrected chi connectivity index (χ3v) is 5.56. The third kappa shape index (κ3) is 3.19. The number of ether oxygens (including phenoxy) is 1. The number of benzene rings is 1. The first-order chi connectivity index (χ1) is 13.0. The van der Waals surface area contributed by atoms with Crippen LogP contribution < -0.4 is 4.74 Å². The van der Waals surface area contributed by atoms with Gasteiger partial charge in [-0.3, -0.25) is 4.79 Å². The van der Waals surface area contributed by atoms with Gasteiger partial charge in [-0.2, -0.15) is 0 Å². The highest BCUT2D eigenvalue weighted by Gasteiger charge is 2.41. The second-order valence-electron chi connectivity index (χ2n) is 7.89. The summed E-state index contributed by atoms with van der Waals surface area (Å²) in [7, 11) is 1.42. The molecule has 2 bridgehead atoms. The zero-order chi connectivity index (χ0) is 19.1. The van der Waals surface area contributed by atoms with Gasteiger partial charge in [0.1, 0.15) is 11.6 Å². The molecule has 1 aromatic heterocycles. The Kier molecular flexibility index (Phi) is 4.61. The van der Waals surface area contributed by atoms with Crippen LogP contribution in [0, 0.1) is 11.7 Å². The Morgan fingerprint density at radius 1 is 1.30 bits per heavy atom. The summed E-state index contributed by atoms with van der Waals surface area (Å²) < 4.78 is 21.2. The predicted molar refractivity (Wildman–Crippen MR) is 98.2 cm³/mol. The predicted octanol–water partition coefficient (Wildman–Crippen LogP) is 2.85. The van der Waals surface area contributed by atoms with Gasteiger partial charge in [0.15, 0.2) is 11.6 Å². The van der Waals surface area contributed by atoms with E-state index in [1.165, 1.54) is 19.2 Å². The second kappa shape index (κ2) is 6.94. The standard InChI is InChI=1S/C20H25FN4O2/c1-12(2)8-18-22-23-19-10-14-5-6-15(11-24(18)19)25(14)20(26)13-4-7-17(27-3)16(21)9-13/h4,7,9,12,14-15H,5-6,8,10-11H2,1-3H3. The highest BCUT2D eigenvalue weighted by Crippen LogP contribution is 2.33. The molecule has 7 heteroatoms. The topological polar surface area (TPSA) is 60.2 Å². The van der Waals surface area contributed by atoms with Gasteiger partial charge in [-0.1, -0.05) is 13.8 Å². The average Bonchev–Trinajstić information content (AvgIpc) is 3.13. The van der Waals surface area contributed by atoms with Gasteiger partial charge in [-0.25, -0.2) is 4.39 Å². The highest BCUT2D eigenvalue weighted by atomic mass is 19.1. The molecule has 144 valence electrons. The van der Waals surface area contributed by atoms with Crippen LogP contribution in [0.5, 0.6) is 5.75 Å². The summed E-state index contributed by atoms with van der Waals surface area (Å²) in [6, 6.07) is 4.60. The van der Waals surface area contributed by atoms with E-state index in [-0.39, 0.29) is 23.7 Å². The Morgan fingerprint density at radius 2 is 2.07 bits per heavy atom. The third-order valence-electron chi connectivity index (χ3n) is 5.56. The van der Waals surface area contributed by atoms with Crippen LogP contribution in [-0.4, -0.2) is 44.8 Å². The fourth-order valence-corrected chi connectivity index (χ4v) is 4.29. The number of carbonyl (C=O) groups excluding carboxylic acids is 1. The molecule has 4 rings (SSSR count). The van der Waals surface area contributed by atoms with Crippen molar-refractivity contribution in [3.8, 4) is 5.75 Å². The average molecular weight is 372 g/mol. The number of hydrogen-bond acceptors (Lipinski definition) is 4. The van der Waals surface area contributed by atoms with Crippen molar-refractivity contribution in [3.05, 3.63) is 41.2 Å². The lowest BCUT2D eigenvalue weighted by Gasteiger charge is -2.28. The Labute approximate surface area is 158 Å². The van der Waals surface area contributed by atoms with Gasteiger partial charge in [0.25, 0.3) is 5.91 Å². The van der Waals surface area contributed by atoms with E-state index in [9.17, 15) is 9.18 Å². The van der Waals surface area contributed by atoms with E-state index >= 15 is 0 Å². The number of halogens is 1. The van der Waals surface area contributed by atoms with E-state index in [2.05, 4.69) is 28.6 Å². The van der Waals surface area contributed by atoms with Crippen molar-refractivity contribution in [1.82, 2.24) is 19.7 Å². The number of fused-ring (bicyclic) bond motifs is 3. The zero-order valence-electron chi connectivity index (χ0n) is 16.0. The number of carbonyl (C=O) groups is 1. The van der Waals surface area contributed by atoms with Gasteiger partial charge < -0.3 is 14.2 Å². The van der Waals surface area contributed by atoms with E-state index in [4.69, 9.17) is 4.74 Å². The smallest absolute Gasteiger partial charge is 0.254 e. The quantitative estimate of drug-likeness (QED) is 0.828. The molecule has 1 amide bonds. The van der Waals surface area contributed by atoms with Crippen LogP contribution >= 0.6 is 0 Å². The van der Waals surface area contributed by atoms with Crippen molar-refractivity contribution in [3.63, 3.8) is 0 Å². The summed E-state index contributed by atoms with van der Waals surface area (Å²) in [6.07, 6.45) is 3.48. The second-order valence-corrected chi connectivity index (χ2v) is 7.89. The van der Waals surface area contributed by atoms with Crippen LogP contribution in [-0.2, 0) is 19.4 Å². The van der Waals surface area contributed by atoms with Crippen LogP contribution in [0.25, 0.3) is 0 Å². The lowest BCUT2D eigenvalue weighted by Crippen LogP contribution is -2.42. The van der Waals surface area contributed by atoms with E-state index in [1.54, 1.807) is 6.07 Å². The van der Waals surface area contributed by atoms with Crippen LogP contribution in [0.15, 0.2) is 18.2 Å². The molecule has 2 aliphatic heterocycles. The number of aromatic nitrogens is 3. The highest BCUT2D eigenvalue weighted by molar-refractivity contribution is 5.95. The normalized spacial score (nSPS) is 21.3. The van der Waals surface area contributed by atoms with E-state index in [0.29, 0.717) is 24.4 Å². The van der Waals surface area contributed by atoms with Gasteiger partial charge in [-0.05, 0) is 37.0 Å². The molecule has 6 nitrogen and oxygen atoms in total. The molecule has 1 aromatic carbocycles. The minimum atomic E-state index is -0.512. The molecule has 1 fully saturated rings. The van der Waals surface area contributed by atoms with Crippen molar-refractivity contribution in [2.45, 2.75) is 58.2 Å². The van der Waals surface area contributed by atoms with Crippen LogP contribution in [0.2, 0.25) is 0 Å². The Hall–Kier alpha value is -2.44. The molecule has 2 aliphatic rings. The molecule has 0 N–H and O–H groups in total. The van der Waals surface area contributed by atoms with Crippen molar-refractivity contribution in [2.75, 3.05) is 7.11 Å². The van der Waals surface area contributed by atoms with E-state index in [0.717, 1.165) is 30.9 Å². The number of hydrogen-bond donors (Lipinski definition) is 0. The van der Waals surface area contributed by atoms with Crippen LogP contribution in [0.4, 0.5) is 4.39 Å². The monoisotopic (exact) mass is 372 g/mol. The Bertz CT molecular complexity index is 864. The zero-order valence-corrected chi connectivity index (χ0v) is 16.0. The largest absolute Gasteiger partial charge is 0.494 e. The maximum atomic E-state index is 14.1. The molecular formula is C20H25FN4O2. The molecular weight excluding hydrogens is 347 g/mol. The lowest BCUT2D eigenvalue weighted by atomic mass is 10.1. The fourth-order valence-electron chi connectivity index (χ4n) is 4.29. The molecule has 0 radical (unpaired) electrons. The number of nitrogens with zero attached hydrogens (tertiary/aromatic N) is 4. The number of amides is 1. The first kappa shape index (κ1) is 17.9. The summed E-state index contributed by atoms with van der Waals surface area (Å²) in [5, 5.41) is 8.77. The summed E-state index contributed by atoms with van der Waals surface area (Å²) in [4.78, 5) is 15.1. The minimum absolute atomic E-state index is 0.0880. The lowest BCUT2D eigenvalue weighted by molar-refractivity contribution is 0.0664. The molecule has 0 aliphatic carbocycles. The van der Waals surface area contributed by atoms with Crippen LogP contribution in [0.1, 0.15) is 48.7 Å². The van der Waals surface area contributed by atoms with Crippen molar-refractivity contribution >= 4 is 5.91 Å².